The molecule has 6 heteroatoms. The van der Waals surface area contributed by atoms with Gasteiger partial charge in [0, 0.05) is 18.1 Å². The van der Waals surface area contributed by atoms with Crippen LogP contribution in [0.1, 0.15) is 30.8 Å². The molecule has 84 valence electrons. The molecule has 1 fully saturated rings. The predicted molar refractivity (Wildman–Crippen MR) is 57.6 cm³/mol. The third kappa shape index (κ3) is 2.32. The fourth-order valence-electron chi connectivity index (χ4n) is 1.51. The van der Waals surface area contributed by atoms with Gasteiger partial charge in [-0.05, 0) is 14.0 Å². The maximum absolute atomic E-state index is 9.29. The molecular formula is C9H15N3O2S. The van der Waals surface area contributed by atoms with E-state index in [2.05, 4.69) is 22.1 Å². The molecule has 5 nitrogen and oxygen atoms in total. The average Bonchev–Trinajstić information content (AvgIpc) is 2.67. The number of rotatable bonds is 2. The average molecular weight is 229 g/mol. The van der Waals surface area contributed by atoms with Crippen LogP contribution in [0, 0.1) is 0 Å². The molecule has 0 spiro atoms. The SMILES string of the molecule is C[C@H](O)c1nc(C2CSCCN2C)no1. The number of thioether (sulfide) groups is 1. The molecule has 1 aromatic heterocycles. The van der Waals surface area contributed by atoms with Crippen LogP contribution in [-0.4, -0.2) is 45.2 Å². The third-order valence-corrected chi connectivity index (χ3v) is 3.53. The number of aromatic nitrogens is 2. The maximum atomic E-state index is 9.29. The molecule has 2 rings (SSSR count). The summed E-state index contributed by atoms with van der Waals surface area (Å²) in [6, 6.07) is 0.208. The van der Waals surface area contributed by atoms with Crippen molar-refractivity contribution in [3.05, 3.63) is 11.7 Å². The largest absolute Gasteiger partial charge is 0.384 e. The van der Waals surface area contributed by atoms with Gasteiger partial charge in [-0.1, -0.05) is 5.16 Å². The van der Waals surface area contributed by atoms with Gasteiger partial charge in [0.2, 0.25) is 0 Å². The summed E-state index contributed by atoms with van der Waals surface area (Å²) in [5.74, 6) is 3.11. The van der Waals surface area contributed by atoms with E-state index in [0.29, 0.717) is 11.7 Å². The normalized spacial score (nSPS) is 25.4. The Labute approximate surface area is 92.8 Å². The van der Waals surface area contributed by atoms with Crippen LogP contribution >= 0.6 is 11.8 Å². The molecule has 2 heterocycles. The highest BCUT2D eigenvalue weighted by Gasteiger charge is 2.26. The van der Waals surface area contributed by atoms with Gasteiger partial charge in [0.15, 0.2) is 5.82 Å². The van der Waals surface area contributed by atoms with Gasteiger partial charge in [-0.25, -0.2) is 0 Å². The topological polar surface area (TPSA) is 62.4 Å². The lowest BCUT2D eigenvalue weighted by Gasteiger charge is -2.29. The number of aliphatic hydroxyl groups is 1. The van der Waals surface area contributed by atoms with Gasteiger partial charge in [0.25, 0.3) is 5.89 Å². The Morgan fingerprint density at radius 1 is 1.67 bits per heavy atom. The lowest BCUT2D eigenvalue weighted by molar-refractivity contribution is 0.151. The quantitative estimate of drug-likeness (QED) is 0.811. The summed E-state index contributed by atoms with van der Waals surface area (Å²) < 4.78 is 4.98. The highest BCUT2D eigenvalue weighted by Crippen LogP contribution is 2.26. The van der Waals surface area contributed by atoms with Crippen molar-refractivity contribution in [2.45, 2.75) is 19.1 Å². The van der Waals surface area contributed by atoms with Crippen molar-refractivity contribution >= 4 is 11.8 Å². The van der Waals surface area contributed by atoms with Crippen LogP contribution in [0.25, 0.3) is 0 Å². The molecule has 1 unspecified atom stereocenters. The van der Waals surface area contributed by atoms with E-state index in [0.717, 1.165) is 18.1 Å². The molecule has 1 N–H and O–H groups in total. The van der Waals surface area contributed by atoms with Crippen molar-refractivity contribution in [3.8, 4) is 0 Å². The van der Waals surface area contributed by atoms with Crippen LogP contribution in [0.3, 0.4) is 0 Å². The first kappa shape index (κ1) is 10.9. The Hall–Kier alpha value is -0.590. The van der Waals surface area contributed by atoms with E-state index in [1.807, 2.05) is 11.8 Å². The number of nitrogens with zero attached hydrogens (tertiary/aromatic N) is 3. The van der Waals surface area contributed by atoms with Crippen LogP contribution in [0.5, 0.6) is 0 Å². The minimum Gasteiger partial charge on any atom is -0.384 e. The van der Waals surface area contributed by atoms with Crippen LogP contribution in [0.2, 0.25) is 0 Å². The molecule has 15 heavy (non-hydrogen) atoms. The van der Waals surface area contributed by atoms with Gasteiger partial charge in [0.05, 0.1) is 6.04 Å². The van der Waals surface area contributed by atoms with Crippen LogP contribution in [0.15, 0.2) is 4.52 Å². The van der Waals surface area contributed by atoms with E-state index in [9.17, 15) is 5.11 Å². The fourth-order valence-corrected chi connectivity index (χ4v) is 2.72. The van der Waals surface area contributed by atoms with Crippen molar-refractivity contribution in [2.24, 2.45) is 0 Å². The predicted octanol–water partition coefficient (Wildman–Crippen LogP) is 0.843. The zero-order valence-corrected chi connectivity index (χ0v) is 9.70. The number of hydrogen-bond donors (Lipinski definition) is 1. The summed E-state index contributed by atoms with van der Waals surface area (Å²) in [5.41, 5.74) is 0. The molecule has 1 saturated heterocycles. The number of aliphatic hydroxyl groups excluding tert-OH is 1. The lowest BCUT2D eigenvalue weighted by Crippen LogP contribution is -2.33. The molecule has 1 aliphatic heterocycles. The Balaban J connectivity index is 2.13. The Morgan fingerprint density at radius 3 is 3.07 bits per heavy atom. The molecular weight excluding hydrogens is 214 g/mol. The Kier molecular flexibility index (Phi) is 3.28. The molecule has 0 aromatic carbocycles. The second kappa shape index (κ2) is 4.51. The van der Waals surface area contributed by atoms with Gasteiger partial charge in [0.1, 0.15) is 6.10 Å². The van der Waals surface area contributed by atoms with E-state index in [4.69, 9.17) is 4.52 Å². The Bertz CT molecular complexity index is 329. The third-order valence-electron chi connectivity index (χ3n) is 2.51. The maximum Gasteiger partial charge on any atom is 0.255 e. The highest BCUT2D eigenvalue weighted by atomic mass is 32.2. The Morgan fingerprint density at radius 2 is 2.47 bits per heavy atom. The molecule has 1 aliphatic rings. The smallest absolute Gasteiger partial charge is 0.255 e. The summed E-state index contributed by atoms with van der Waals surface area (Å²) in [7, 11) is 2.06. The first-order valence-corrected chi connectivity index (χ1v) is 6.13. The molecule has 0 aliphatic carbocycles. The van der Waals surface area contributed by atoms with Crippen molar-refractivity contribution < 1.29 is 9.63 Å². The van der Waals surface area contributed by atoms with Gasteiger partial charge >= 0.3 is 0 Å². The summed E-state index contributed by atoms with van der Waals surface area (Å²) >= 11 is 1.89. The highest BCUT2D eigenvalue weighted by molar-refractivity contribution is 7.99. The molecule has 0 bridgehead atoms. The lowest BCUT2D eigenvalue weighted by atomic mass is 10.3. The van der Waals surface area contributed by atoms with Gasteiger partial charge in [-0.15, -0.1) is 0 Å². The zero-order valence-electron chi connectivity index (χ0n) is 8.88. The summed E-state index contributed by atoms with van der Waals surface area (Å²) in [6.45, 7) is 2.66. The van der Waals surface area contributed by atoms with E-state index in [-0.39, 0.29) is 6.04 Å². The number of hydrogen-bond acceptors (Lipinski definition) is 6. The zero-order chi connectivity index (χ0) is 10.8. The molecule has 0 radical (unpaired) electrons. The second-order valence-electron chi connectivity index (χ2n) is 3.74. The standard InChI is InChI=1S/C9H15N3O2S/c1-6(13)9-10-8(11-14-9)7-5-15-4-3-12(7)2/h6-7,13H,3-5H2,1-2H3/t6-,7?/m0/s1. The van der Waals surface area contributed by atoms with Crippen molar-refractivity contribution in [3.63, 3.8) is 0 Å². The van der Waals surface area contributed by atoms with Gasteiger partial charge in [-0.2, -0.15) is 16.7 Å². The monoisotopic (exact) mass is 229 g/mol. The van der Waals surface area contributed by atoms with Crippen molar-refractivity contribution in [1.82, 2.24) is 15.0 Å². The van der Waals surface area contributed by atoms with Crippen LogP contribution in [-0.2, 0) is 0 Å². The molecule has 0 saturated carbocycles. The van der Waals surface area contributed by atoms with Crippen molar-refractivity contribution in [2.75, 3.05) is 25.1 Å². The molecule has 1 aromatic rings. The second-order valence-corrected chi connectivity index (χ2v) is 4.89. The molecule has 2 atom stereocenters. The van der Waals surface area contributed by atoms with E-state index < -0.39 is 6.10 Å². The van der Waals surface area contributed by atoms with Gasteiger partial charge in [-0.3, -0.25) is 4.90 Å². The van der Waals surface area contributed by atoms with Crippen molar-refractivity contribution in [1.29, 1.82) is 0 Å². The van der Waals surface area contributed by atoms with Crippen LogP contribution in [0.4, 0.5) is 0 Å². The van der Waals surface area contributed by atoms with E-state index >= 15 is 0 Å². The summed E-state index contributed by atoms with van der Waals surface area (Å²) in [4.78, 5) is 6.42. The first-order valence-electron chi connectivity index (χ1n) is 4.98. The van der Waals surface area contributed by atoms with Crippen LogP contribution < -0.4 is 0 Å². The van der Waals surface area contributed by atoms with E-state index in [1.54, 1.807) is 6.92 Å². The van der Waals surface area contributed by atoms with E-state index in [1.165, 1.54) is 0 Å². The summed E-state index contributed by atoms with van der Waals surface area (Å²) in [6.07, 6.45) is -0.687. The van der Waals surface area contributed by atoms with Gasteiger partial charge < -0.3 is 9.63 Å². The molecule has 0 amide bonds. The first-order chi connectivity index (χ1) is 7.18. The summed E-state index contributed by atoms with van der Waals surface area (Å²) in [5, 5.41) is 13.2. The minimum atomic E-state index is -0.687. The minimum absolute atomic E-state index is 0.208. The fraction of sp³-hybridized carbons (Fsp3) is 0.778.